The first kappa shape index (κ1) is 16.2. The van der Waals surface area contributed by atoms with E-state index in [1.54, 1.807) is 6.07 Å². The summed E-state index contributed by atoms with van der Waals surface area (Å²) in [4.78, 5) is 23.4. The molecule has 0 amide bonds. The first-order chi connectivity index (χ1) is 10.3. The zero-order chi connectivity index (χ0) is 16.4. The molecule has 1 atom stereocenters. The van der Waals surface area contributed by atoms with E-state index in [9.17, 15) is 9.59 Å². The van der Waals surface area contributed by atoms with E-state index in [-0.39, 0.29) is 5.92 Å². The summed E-state index contributed by atoms with van der Waals surface area (Å²) in [7, 11) is 0. The molecule has 1 heterocycles. The minimum atomic E-state index is -1.10. The number of nitrogens with zero attached hydrogens (tertiary/aromatic N) is 2. The molecule has 2 aromatic rings. The van der Waals surface area contributed by atoms with Crippen molar-refractivity contribution in [3.8, 4) is 11.1 Å². The van der Waals surface area contributed by atoms with Gasteiger partial charge in [0.05, 0.1) is 5.69 Å². The van der Waals surface area contributed by atoms with Crippen molar-refractivity contribution in [2.45, 2.75) is 32.7 Å². The number of rotatable bonds is 4. The van der Waals surface area contributed by atoms with Crippen molar-refractivity contribution in [3.05, 3.63) is 51.4 Å². The maximum Gasteiger partial charge on any atom is 0.328 e. The molecule has 6 heteroatoms. The second kappa shape index (κ2) is 6.32. The van der Waals surface area contributed by atoms with E-state index in [1.807, 2.05) is 32.0 Å². The Labute approximate surface area is 133 Å². The normalized spacial score (nSPS) is 12.4. The van der Waals surface area contributed by atoms with E-state index in [0.717, 1.165) is 4.68 Å². The van der Waals surface area contributed by atoms with E-state index < -0.39 is 17.6 Å². The van der Waals surface area contributed by atoms with Crippen LogP contribution in [0.1, 0.15) is 38.4 Å². The molecule has 1 aromatic heterocycles. The number of aliphatic carboxylic acids is 1. The molecule has 116 valence electrons. The van der Waals surface area contributed by atoms with Gasteiger partial charge in [0, 0.05) is 22.2 Å². The molecular weight excluding hydrogens is 304 g/mol. The number of carboxylic acids is 1. The third-order valence-corrected chi connectivity index (χ3v) is 3.75. The van der Waals surface area contributed by atoms with Gasteiger partial charge in [0.15, 0.2) is 6.04 Å². The number of halogens is 1. The molecule has 0 radical (unpaired) electrons. The lowest BCUT2D eigenvalue weighted by Gasteiger charge is -2.17. The fourth-order valence-corrected chi connectivity index (χ4v) is 2.42. The molecule has 1 unspecified atom stereocenters. The van der Waals surface area contributed by atoms with Gasteiger partial charge in [0.25, 0.3) is 5.56 Å². The Bertz CT molecular complexity index is 768. The van der Waals surface area contributed by atoms with Crippen LogP contribution in [0.4, 0.5) is 0 Å². The summed E-state index contributed by atoms with van der Waals surface area (Å²) in [6, 6.07) is 7.58. The van der Waals surface area contributed by atoms with Gasteiger partial charge in [-0.15, -0.1) is 0 Å². The lowest BCUT2D eigenvalue weighted by molar-refractivity contribution is -0.140. The Morgan fingerprint density at radius 3 is 2.41 bits per heavy atom. The number of hydrogen-bond donors (Lipinski definition) is 1. The summed E-state index contributed by atoms with van der Waals surface area (Å²) in [5.41, 5.74) is 1.53. The van der Waals surface area contributed by atoms with Crippen molar-refractivity contribution < 1.29 is 9.90 Å². The molecule has 0 saturated carbocycles. The first-order valence-electron chi connectivity index (χ1n) is 6.94. The van der Waals surface area contributed by atoms with Crippen LogP contribution in [0.25, 0.3) is 11.1 Å². The Morgan fingerprint density at radius 1 is 1.23 bits per heavy atom. The summed E-state index contributed by atoms with van der Waals surface area (Å²) in [5.74, 6) is -1.09. The highest BCUT2D eigenvalue weighted by molar-refractivity contribution is 6.33. The summed E-state index contributed by atoms with van der Waals surface area (Å²) < 4.78 is 0.998. The van der Waals surface area contributed by atoms with E-state index in [4.69, 9.17) is 16.7 Å². The second-order valence-corrected chi connectivity index (χ2v) is 5.78. The Morgan fingerprint density at radius 2 is 1.86 bits per heavy atom. The van der Waals surface area contributed by atoms with Gasteiger partial charge >= 0.3 is 5.97 Å². The fourth-order valence-electron chi connectivity index (χ4n) is 2.19. The average molecular weight is 321 g/mol. The number of benzene rings is 1. The number of aromatic nitrogens is 2. The zero-order valence-electron chi connectivity index (χ0n) is 12.6. The number of hydrogen-bond acceptors (Lipinski definition) is 3. The van der Waals surface area contributed by atoms with Crippen LogP contribution in [0, 0.1) is 0 Å². The SMILES string of the molecule is CC(C)c1nn(C(C)C(=O)O)c(=O)cc1-c1ccccc1Cl. The van der Waals surface area contributed by atoms with E-state index in [1.165, 1.54) is 13.0 Å². The number of carbonyl (C=O) groups is 1. The van der Waals surface area contributed by atoms with Crippen LogP contribution in [0.2, 0.25) is 5.02 Å². The van der Waals surface area contributed by atoms with Gasteiger partial charge in [-0.3, -0.25) is 4.79 Å². The molecule has 0 aliphatic carbocycles. The van der Waals surface area contributed by atoms with Crippen molar-refractivity contribution in [1.82, 2.24) is 9.78 Å². The Kier molecular flexibility index (Phi) is 4.66. The van der Waals surface area contributed by atoms with Crippen molar-refractivity contribution in [2.75, 3.05) is 0 Å². The molecule has 5 nitrogen and oxygen atoms in total. The zero-order valence-corrected chi connectivity index (χ0v) is 13.3. The van der Waals surface area contributed by atoms with Crippen molar-refractivity contribution in [1.29, 1.82) is 0 Å². The monoisotopic (exact) mass is 320 g/mol. The van der Waals surface area contributed by atoms with Gasteiger partial charge < -0.3 is 5.11 Å². The van der Waals surface area contributed by atoms with Gasteiger partial charge in [0.1, 0.15) is 0 Å². The third kappa shape index (κ3) is 3.04. The molecule has 0 fully saturated rings. The summed E-state index contributed by atoms with van der Waals surface area (Å²) in [5, 5.41) is 13.9. The van der Waals surface area contributed by atoms with Crippen LogP contribution in [0.3, 0.4) is 0 Å². The topological polar surface area (TPSA) is 72.2 Å². The largest absolute Gasteiger partial charge is 0.480 e. The molecule has 1 N–H and O–H groups in total. The van der Waals surface area contributed by atoms with Gasteiger partial charge in [-0.2, -0.15) is 5.10 Å². The maximum atomic E-state index is 12.2. The van der Waals surface area contributed by atoms with Crippen LogP contribution in [0.15, 0.2) is 35.1 Å². The highest BCUT2D eigenvalue weighted by atomic mass is 35.5. The fraction of sp³-hybridized carbons (Fsp3) is 0.312. The predicted molar refractivity (Wildman–Crippen MR) is 85.4 cm³/mol. The van der Waals surface area contributed by atoms with Gasteiger partial charge in [-0.05, 0) is 18.9 Å². The van der Waals surface area contributed by atoms with E-state index >= 15 is 0 Å². The molecule has 0 saturated heterocycles. The standard InChI is InChI=1S/C16H17ClN2O3/c1-9(2)15-12(11-6-4-5-7-13(11)17)8-14(20)19(18-15)10(3)16(21)22/h4-10H,1-3H3,(H,21,22). The van der Waals surface area contributed by atoms with Gasteiger partial charge in [-0.25, -0.2) is 9.48 Å². The minimum absolute atomic E-state index is 0.0131. The molecule has 22 heavy (non-hydrogen) atoms. The van der Waals surface area contributed by atoms with Crippen LogP contribution < -0.4 is 5.56 Å². The quantitative estimate of drug-likeness (QED) is 0.937. The molecule has 1 aromatic carbocycles. The van der Waals surface area contributed by atoms with Crippen LogP contribution in [-0.2, 0) is 4.79 Å². The molecule has 2 rings (SSSR count). The summed E-state index contributed by atoms with van der Waals surface area (Å²) in [6.45, 7) is 5.29. The first-order valence-corrected chi connectivity index (χ1v) is 7.32. The maximum absolute atomic E-state index is 12.2. The molecule has 0 bridgehead atoms. The smallest absolute Gasteiger partial charge is 0.328 e. The Balaban J connectivity index is 2.72. The third-order valence-electron chi connectivity index (χ3n) is 3.42. The van der Waals surface area contributed by atoms with E-state index in [0.29, 0.717) is 21.8 Å². The van der Waals surface area contributed by atoms with Crippen molar-refractivity contribution >= 4 is 17.6 Å². The highest BCUT2D eigenvalue weighted by Crippen LogP contribution is 2.31. The van der Waals surface area contributed by atoms with Crippen molar-refractivity contribution in [3.63, 3.8) is 0 Å². The Hall–Kier alpha value is -2.14. The van der Waals surface area contributed by atoms with Gasteiger partial charge in [0.2, 0.25) is 0 Å². The average Bonchev–Trinajstić information content (AvgIpc) is 2.46. The van der Waals surface area contributed by atoms with Gasteiger partial charge in [-0.1, -0.05) is 43.6 Å². The minimum Gasteiger partial charge on any atom is -0.480 e. The predicted octanol–water partition coefficient (Wildman–Crippen LogP) is 3.33. The second-order valence-electron chi connectivity index (χ2n) is 5.37. The molecular formula is C16H17ClN2O3. The molecule has 0 aliphatic rings. The van der Waals surface area contributed by atoms with Crippen LogP contribution >= 0.6 is 11.6 Å². The molecule has 0 aliphatic heterocycles. The lowest BCUT2D eigenvalue weighted by Crippen LogP contribution is -2.31. The highest BCUT2D eigenvalue weighted by Gasteiger charge is 2.21. The van der Waals surface area contributed by atoms with Crippen molar-refractivity contribution in [2.24, 2.45) is 0 Å². The van der Waals surface area contributed by atoms with E-state index in [2.05, 4.69) is 5.10 Å². The summed E-state index contributed by atoms with van der Waals surface area (Å²) in [6.07, 6.45) is 0. The van der Waals surface area contributed by atoms with Crippen LogP contribution in [0.5, 0.6) is 0 Å². The summed E-state index contributed by atoms with van der Waals surface area (Å²) >= 11 is 6.21. The van der Waals surface area contributed by atoms with Crippen LogP contribution in [-0.4, -0.2) is 20.9 Å². The number of carboxylic acid groups (broad SMARTS) is 1. The molecule has 0 spiro atoms. The lowest BCUT2D eigenvalue weighted by atomic mass is 9.98.